The predicted molar refractivity (Wildman–Crippen MR) is 121 cm³/mol. The van der Waals surface area contributed by atoms with E-state index in [2.05, 4.69) is 10.0 Å². The fourth-order valence-electron chi connectivity index (χ4n) is 2.78. The summed E-state index contributed by atoms with van der Waals surface area (Å²) >= 11 is 5.99. The Morgan fingerprint density at radius 3 is 2.45 bits per heavy atom. The normalized spacial score (nSPS) is 10.9. The molecule has 0 saturated carbocycles. The number of carbonyl (C=O) groups excluding carboxylic acids is 1. The van der Waals surface area contributed by atoms with E-state index in [-0.39, 0.29) is 10.5 Å². The van der Waals surface area contributed by atoms with E-state index in [9.17, 15) is 13.2 Å². The number of nitrogens with one attached hydrogen (secondary N) is 2. The van der Waals surface area contributed by atoms with Gasteiger partial charge in [0.1, 0.15) is 11.5 Å². The molecule has 0 aliphatic carbocycles. The number of amides is 1. The predicted octanol–water partition coefficient (Wildman–Crippen LogP) is 4.80. The van der Waals surface area contributed by atoms with E-state index < -0.39 is 15.9 Å². The third-order valence-electron chi connectivity index (χ3n) is 4.23. The van der Waals surface area contributed by atoms with Crippen molar-refractivity contribution >= 4 is 38.9 Å². The monoisotopic (exact) mass is 460 g/mol. The van der Waals surface area contributed by atoms with Gasteiger partial charge in [0, 0.05) is 16.3 Å². The van der Waals surface area contributed by atoms with Gasteiger partial charge < -0.3 is 14.8 Å². The lowest BCUT2D eigenvalue weighted by Gasteiger charge is -2.12. The Balaban J connectivity index is 1.80. The molecule has 0 bridgehead atoms. The van der Waals surface area contributed by atoms with Gasteiger partial charge in [-0.05, 0) is 67.6 Å². The fourth-order valence-corrected chi connectivity index (χ4v) is 4.05. The first kappa shape index (κ1) is 22.5. The summed E-state index contributed by atoms with van der Waals surface area (Å²) in [5, 5.41) is 3.11. The van der Waals surface area contributed by atoms with Gasteiger partial charge in [0.25, 0.3) is 15.9 Å². The van der Waals surface area contributed by atoms with Crippen molar-refractivity contribution in [2.75, 3.05) is 23.8 Å². The third kappa shape index (κ3) is 5.68. The average Bonchev–Trinajstić information content (AvgIpc) is 2.75. The molecule has 0 aliphatic heterocycles. The summed E-state index contributed by atoms with van der Waals surface area (Å²) in [5.41, 5.74) is 0.916. The quantitative estimate of drug-likeness (QED) is 0.503. The lowest BCUT2D eigenvalue weighted by Crippen LogP contribution is -2.16. The van der Waals surface area contributed by atoms with Crippen molar-refractivity contribution < 1.29 is 22.7 Å². The summed E-state index contributed by atoms with van der Waals surface area (Å²) in [4.78, 5) is 12.6. The number of halogens is 1. The largest absolute Gasteiger partial charge is 0.495 e. The Hall–Kier alpha value is -3.23. The number of rotatable bonds is 8. The second kappa shape index (κ2) is 9.72. The molecule has 0 spiro atoms. The van der Waals surface area contributed by atoms with Gasteiger partial charge >= 0.3 is 0 Å². The van der Waals surface area contributed by atoms with Crippen molar-refractivity contribution in [3.63, 3.8) is 0 Å². The highest BCUT2D eigenvalue weighted by Crippen LogP contribution is 2.28. The van der Waals surface area contributed by atoms with Crippen LogP contribution in [0.15, 0.2) is 71.6 Å². The molecule has 0 saturated heterocycles. The Bertz CT molecular complexity index is 1180. The Kier molecular flexibility index (Phi) is 7.04. The van der Waals surface area contributed by atoms with E-state index in [0.29, 0.717) is 34.5 Å². The Morgan fingerprint density at radius 2 is 1.77 bits per heavy atom. The van der Waals surface area contributed by atoms with Gasteiger partial charge in [-0.25, -0.2) is 8.42 Å². The topological polar surface area (TPSA) is 93.7 Å². The second-order valence-corrected chi connectivity index (χ2v) is 8.51. The first-order valence-corrected chi connectivity index (χ1v) is 11.2. The number of anilines is 2. The number of hydrogen-bond donors (Lipinski definition) is 2. The number of hydrogen-bond acceptors (Lipinski definition) is 5. The SMILES string of the molecule is CCOc1ccc(NS(=O)(=O)c2cccc(C(=O)Nc3cc(Cl)ccc3OC)c2)cc1. The van der Waals surface area contributed by atoms with Crippen molar-refractivity contribution in [1.82, 2.24) is 0 Å². The van der Waals surface area contributed by atoms with Crippen LogP contribution in [0.2, 0.25) is 5.02 Å². The first-order chi connectivity index (χ1) is 14.8. The van der Waals surface area contributed by atoms with E-state index in [1.165, 1.54) is 31.4 Å². The van der Waals surface area contributed by atoms with Crippen LogP contribution in [0.3, 0.4) is 0 Å². The summed E-state index contributed by atoms with van der Waals surface area (Å²) in [6.07, 6.45) is 0. The maximum atomic E-state index is 12.8. The van der Waals surface area contributed by atoms with Gasteiger partial charge in [-0.1, -0.05) is 17.7 Å². The highest BCUT2D eigenvalue weighted by molar-refractivity contribution is 7.92. The maximum absolute atomic E-state index is 12.8. The molecule has 3 aromatic carbocycles. The van der Waals surface area contributed by atoms with Gasteiger partial charge in [-0.3, -0.25) is 9.52 Å². The molecule has 0 aliphatic rings. The highest BCUT2D eigenvalue weighted by Gasteiger charge is 2.17. The summed E-state index contributed by atoms with van der Waals surface area (Å²) in [6, 6.07) is 17.1. The zero-order valence-electron chi connectivity index (χ0n) is 16.9. The van der Waals surface area contributed by atoms with Crippen molar-refractivity contribution in [1.29, 1.82) is 0 Å². The molecule has 3 aromatic rings. The molecule has 31 heavy (non-hydrogen) atoms. The molecule has 1 amide bonds. The van der Waals surface area contributed by atoms with Gasteiger partial charge in [0.05, 0.1) is 24.3 Å². The highest BCUT2D eigenvalue weighted by atomic mass is 35.5. The summed E-state index contributed by atoms with van der Waals surface area (Å²) in [6.45, 7) is 2.38. The lowest BCUT2D eigenvalue weighted by molar-refractivity contribution is 0.102. The minimum atomic E-state index is -3.90. The van der Waals surface area contributed by atoms with E-state index >= 15 is 0 Å². The third-order valence-corrected chi connectivity index (χ3v) is 5.85. The zero-order chi connectivity index (χ0) is 22.4. The van der Waals surface area contributed by atoms with Crippen molar-refractivity contribution in [3.8, 4) is 11.5 Å². The van der Waals surface area contributed by atoms with Crippen LogP contribution in [0, 0.1) is 0 Å². The molecule has 0 heterocycles. The average molecular weight is 461 g/mol. The van der Waals surface area contributed by atoms with Crippen LogP contribution in [0.25, 0.3) is 0 Å². The van der Waals surface area contributed by atoms with Crippen LogP contribution >= 0.6 is 11.6 Å². The summed E-state index contributed by atoms with van der Waals surface area (Å²) in [7, 11) is -2.43. The second-order valence-electron chi connectivity index (χ2n) is 6.39. The van der Waals surface area contributed by atoms with E-state index in [4.69, 9.17) is 21.1 Å². The number of benzene rings is 3. The Labute approximate surface area is 186 Å². The molecule has 0 fully saturated rings. The molecular formula is C22H21ClN2O5S. The minimum absolute atomic E-state index is 0.0490. The molecule has 0 atom stereocenters. The fraction of sp³-hybridized carbons (Fsp3) is 0.136. The number of ether oxygens (including phenoxy) is 2. The molecule has 0 aromatic heterocycles. The zero-order valence-corrected chi connectivity index (χ0v) is 18.5. The van der Waals surface area contributed by atoms with E-state index in [1.54, 1.807) is 42.5 Å². The molecule has 162 valence electrons. The van der Waals surface area contributed by atoms with E-state index in [1.807, 2.05) is 6.92 Å². The van der Waals surface area contributed by atoms with Crippen LogP contribution in [0.1, 0.15) is 17.3 Å². The lowest BCUT2D eigenvalue weighted by atomic mass is 10.2. The van der Waals surface area contributed by atoms with Crippen LogP contribution < -0.4 is 19.5 Å². The van der Waals surface area contributed by atoms with E-state index in [0.717, 1.165) is 0 Å². The van der Waals surface area contributed by atoms with Gasteiger partial charge in [0.15, 0.2) is 0 Å². The van der Waals surface area contributed by atoms with Crippen LogP contribution in [0.4, 0.5) is 11.4 Å². The van der Waals surface area contributed by atoms with Crippen LogP contribution in [-0.4, -0.2) is 28.0 Å². The number of carbonyl (C=O) groups is 1. The van der Waals surface area contributed by atoms with Gasteiger partial charge in [-0.15, -0.1) is 0 Å². The maximum Gasteiger partial charge on any atom is 0.261 e. The van der Waals surface area contributed by atoms with Gasteiger partial charge in [-0.2, -0.15) is 0 Å². The van der Waals surface area contributed by atoms with Crippen LogP contribution in [0.5, 0.6) is 11.5 Å². The summed E-state index contributed by atoms with van der Waals surface area (Å²) < 4.78 is 38.6. The molecular weight excluding hydrogens is 440 g/mol. The summed E-state index contributed by atoms with van der Waals surface area (Å²) in [5.74, 6) is 0.568. The van der Waals surface area contributed by atoms with Gasteiger partial charge in [0.2, 0.25) is 0 Å². The smallest absolute Gasteiger partial charge is 0.261 e. The number of sulfonamides is 1. The Morgan fingerprint density at radius 1 is 1.03 bits per heavy atom. The van der Waals surface area contributed by atoms with Crippen molar-refractivity contribution in [3.05, 3.63) is 77.3 Å². The standard InChI is InChI=1S/C22H21ClN2O5S/c1-3-30-18-10-8-17(9-11-18)25-31(27,28)19-6-4-5-15(13-19)22(26)24-20-14-16(23)7-12-21(20)29-2/h4-14,25H,3H2,1-2H3,(H,24,26). The molecule has 3 rings (SSSR count). The molecule has 0 radical (unpaired) electrons. The van der Waals surface area contributed by atoms with Crippen molar-refractivity contribution in [2.45, 2.75) is 11.8 Å². The minimum Gasteiger partial charge on any atom is -0.495 e. The first-order valence-electron chi connectivity index (χ1n) is 9.33. The molecule has 2 N–H and O–H groups in total. The molecule has 9 heteroatoms. The molecule has 0 unspecified atom stereocenters. The number of methoxy groups -OCH3 is 1. The van der Waals surface area contributed by atoms with Crippen molar-refractivity contribution in [2.24, 2.45) is 0 Å². The van der Waals surface area contributed by atoms with Crippen LogP contribution in [-0.2, 0) is 10.0 Å². The molecule has 7 nitrogen and oxygen atoms in total.